The average molecular weight is 368 g/mol. The fraction of sp³-hybridized carbons (Fsp3) is 0.667. The Kier molecular flexibility index (Phi) is 9.58. The predicted molar refractivity (Wildman–Crippen MR) is 98.1 cm³/mol. The summed E-state index contributed by atoms with van der Waals surface area (Å²) in [6, 6.07) is 4.29. The van der Waals surface area contributed by atoms with Crippen molar-refractivity contribution in [3.63, 3.8) is 0 Å². The van der Waals surface area contributed by atoms with Gasteiger partial charge in [-0.3, -0.25) is 9.69 Å². The molecule has 2 rings (SSSR count). The number of halogens is 2. The monoisotopic (exact) mass is 367 g/mol. The molecule has 3 N–H and O–H groups in total. The Morgan fingerprint density at radius 1 is 1.50 bits per heavy atom. The van der Waals surface area contributed by atoms with Crippen molar-refractivity contribution in [2.24, 2.45) is 11.7 Å². The maximum atomic E-state index is 11.8. The predicted octanol–water partition coefficient (Wildman–Crippen LogP) is 2.66. The molecule has 1 fully saturated rings. The SMILES string of the molecule is CC(C)(N)C(=O)NCC1CCCN(Cc2cccs2)C1.Cl.Cl. The quantitative estimate of drug-likeness (QED) is 0.840. The van der Waals surface area contributed by atoms with Crippen LogP contribution in [-0.2, 0) is 11.3 Å². The van der Waals surface area contributed by atoms with Crippen LogP contribution in [0.5, 0.6) is 0 Å². The minimum absolute atomic E-state index is 0. The third-order valence-electron chi connectivity index (χ3n) is 3.70. The van der Waals surface area contributed by atoms with Gasteiger partial charge in [0.2, 0.25) is 5.91 Å². The summed E-state index contributed by atoms with van der Waals surface area (Å²) >= 11 is 1.81. The van der Waals surface area contributed by atoms with Gasteiger partial charge in [-0.1, -0.05) is 6.07 Å². The summed E-state index contributed by atoms with van der Waals surface area (Å²) in [4.78, 5) is 15.7. The van der Waals surface area contributed by atoms with Gasteiger partial charge in [0.1, 0.15) is 0 Å². The van der Waals surface area contributed by atoms with E-state index < -0.39 is 5.54 Å². The first-order valence-electron chi connectivity index (χ1n) is 7.27. The van der Waals surface area contributed by atoms with Crippen molar-refractivity contribution in [3.8, 4) is 0 Å². The lowest BCUT2D eigenvalue weighted by Gasteiger charge is -2.33. The van der Waals surface area contributed by atoms with Gasteiger partial charge in [0.25, 0.3) is 0 Å². The molecule has 1 aliphatic rings. The molecule has 1 saturated heterocycles. The van der Waals surface area contributed by atoms with Crippen LogP contribution >= 0.6 is 36.2 Å². The van der Waals surface area contributed by atoms with Gasteiger partial charge in [-0.2, -0.15) is 0 Å². The summed E-state index contributed by atoms with van der Waals surface area (Å²) in [6.45, 7) is 7.47. The van der Waals surface area contributed by atoms with Crippen molar-refractivity contribution in [3.05, 3.63) is 22.4 Å². The fourth-order valence-electron chi connectivity index (χ4n) is 2.55. The molecule has 1 unspecified atom stereocenters. The van der Waals surface area contributed by atoms with Crippen LogP contribution in [0.2, 0.25) is 0 Å². The van der Waals surface area contributed by atoms with Crippen LogP contribution < -0.4 is 11.1 Å². The highest BCUT2D eigenvalue weighted by atomic mass is 35.5. The molecule has 1 aromatic rings. The van der Waals surface area contributed by atoms with Crippen LogP contribution in [0.15, 0.2) is 17.5 Å². The van der Waals surface area contributed by atoms with Crippen LogP contribution in [-0.4, -0.2) is 36.0 Å². The molecule has 0 spiro atoms. The number of amides is 1. The number of nitrogens with zero attached hydrogens (tertiary/aromatic N) is 1. The first-order valence-corrected chi connectivity index (χ1v) is 8.15. The maximum absolute atomic E-state index is 11.8. The first kappa shape index (κ1) is 21.7. The summed E-state index contributed by atoms with van der Waals surface area (Å²) in [5.74, 6) is 0.475. The van der Waals surface area contributed by atoms with Crippen LogP contribution in [0.3, 0.4) is 0 Å². The van der Waals surface area contributed by atoms with Crippen LogP contribution in [0, 0.1) is 5.92 Å². The highest BCUT2D eigenvalue weighted by molar-refractivity contribution is 7.09. The van der Waals surface area contributed by atoms with Gasteiger partial charge >= 0.3 is 0 Å². The first-order chi connectivity index (χ1) is 9.45. The number of nitrogens with one attached hydrogen (secondary N) is 1. The van der Waals surface area contributed by atoms with Crippen molar-refractivity contribution in [2.45, 2.75) is 38.8 Å². The van der Waals surface area contributed by atoms with E-state index >= 15 is 0 Å². The smallest absolute Gasteiger partial charge is 0.239 e. The topological polar surface area (TPSA) is 58.4 Å². The highest BCUT2D eigenvalue weighted by Crippen LogP contribution is 2.20. The molecule has 1 aliphatic heterocycles. The average Bonchev–Trinajstić information content (AvgIpc) is 2.88. The Morgan fingerprint density at radius 3 is 2.82 bits per heavy atom. The van der Waals surface area contributed by atoms with E-state index in [4.69, 9.17) is 5.73 Å². The molecular weight excluding hydrogens is 341 g/mol. The molecule has 128 valence electrons. The Labute approximate surface area is 149 Å². The Hall–Kier alpha value is -0.330. The molecule has 22 heavy (non-hydrogen) atoms. The summed E-state index contributed by atoms with van der Waals surface area (Å²) in [5.41, 5.74) is 5.00. The third-order valence-corrected chi connectivity index (χ3v) is 4.56. The summed E-state index contributed by atoms with van der Waals surface area (Å²) in [5, 5.41) is 5.11. The standard InChI is InChI=1S/C15H25N3OS.2ClH/c1-15(2,16)14(19)17-9-12-5-3-7-18(10-12)11-13-6-4-8-20-13;;/h4,6,8,12H,3,5,7,9-11,16H2,1-2H3,(H,17,19);2*1H. The zero-order chi connectivity index (χ0) is 14.6. The second kappa shape index (κ2) is 9.73. The number of rotatable bonds is 5. The van der Waals surface area contributed by atoms with Gasteiger partial charge in [0, 0.05) is 24.5 Å². The van der Waals surface area contributed by atoms with Crippen molar-refractivity contribution in [1.29, 1.82) is 0 Å². The minimum Gasteiger partial charge on any atom is -0.354 e. The number of carbonyl (C=O) groups is 1. The Morgan fingerprint density at radius 2 is 2.23 bits per heavy atom. The molecule has 2 heterocycles. The van der Waals surface area contributed by atoms with Gasteiger partial charge in [-0.05, 0) is 50.6 Å². The van der Waals surface area contributed by atoms with Crippen molar-refractivity contribution in [1.82, 2.24) is 10.2 Å². The maximum Gasteiger partial charge on any atom is 0.239 e. The zero-order valence-electron chi connectivity index (χ0n) is 13.2. The van der Waals surface area contributed by atoms with E-state index in [2.05, 4.69) is 27.7 Å². The lowest BCUT2D eigenvalue weighted by atomic mass is 9.97. The number of piperidine rings is 1. The largest absolute Gasteiger partial charge is 0.354 e. The van der Waals surface area contributed by atoms with Crippen molar-refractivity contribution >= 4 is 42.1 Å². The van der Waals surface area contributed by atoms with E-state index in [1.807, 2.05) is 11.3 Å². The third kappa shape index (κ3) is 6.84. The van der Waals surface area contributed by atoms with Crippen molar-refractivity contribution in [2.75, 3.05) is 19.6 Å². The number of likely N-dealkylation sites (tertiary alicyclic amines) is 1. The molecule has 0 saturated carbocycles. The highest BCUT2D eigenvalue weighted by Gasteiger charge is 2.24. The van der Waals surface area contributed by atoms with Gasteiger partial charge < -0.3 is 11.1 Å². The van der Waals surface area contributed by atoms with Crippen LogP contribution in [0.25, 0.3) is 0 Å². The lowest BCUT2D eigenvalue weighted by Crippen LogP contribution is -2.51. The number of hydrogen-bond acceptors (Lipinski definition) is 4. The number of thiophene rings is 1. The van der Waals surface area contributed by atoms with Gasteiger partial charge in [0.15, 0.2) is 0 Å². The Bertz CT molecular complexity index is 434. The lowest BCUT2D eigenvalue weighted by molar-refractivity contribution is -0.125. The molecule has 1 amide bonds. The van der Waals surface area contributed by atoms with E-state index in [0.29, 0.717) is 5.92 Å². The number of nitrogens with two attached hydrogens (primary N) is 1. The van der Waals surface area contributed by atoms with E-state index in [0.717, 1.165) is 26.2 Å². The number of carbonyl (C=O) groups excluding carboxylic acids is 1. The minimum atomic E-state index is -0.786. The molecular formula is C15H27Cl2N3OS. The van der Waals surface area contributed by atoms with Gasteiger partial charge in [-0.25, -0.2) is 0 Å². The summed E-state index contributed by atoms with van der Waals surface area (Å²) < 4.78 is 0. The zero-order valence-corrected chi connectivity index (χ0v) is 15.7. The molecule has 1 atom stereocenters. The molecule has 1 aromatic heterocycles. The molecule has 0 aliphatic carbocycles. The second-order valence-corrected chi connectivity index (χ2v) is 7.29. The van der Waals surface area contributed by atoms with Gasteiger partial charge in [-0.15, -0.1) is 36.2 Å². The molecule has 0 radical (unpaired) electrons. The summed E-state index contributed by atoms with van der Waals surface area (Å²) in [6.07, 6.45) is 2.39. The molecule has 4 nitrogen and oxygen atoms in total. The normalized spacial score (nSPS) is 19.0. The van der Waals surface area contributed by atoms with E-state index in [-0.39, 0.29) is 30.7 Å². The van der Waals surface area contributed by atoms with E-state index in [9.17, 15) is 4.79 Å². The van der Waals surface area contributed by atoms with Crippen molar-refractivity contribution < 1.29 is 4.79 Å². The fourth-order valence-corrected chi connectivity index (χ4v) is 3.30. The van der Waals surface area contributed by atoms with Gasteiger partial charge in [0.05, 0.1) is 5.54 Å². The molecule has 0 aromatic carbocycles. The molecule has 7 heteroatoms. The van der Waals surface area contributed by atoms with E-state index in [1.54, 1.807) is 13.8 Å². The molecule has 0 bridgehead atoms. The van der Waals surface area contributed by atoms with E-state index in [1.165, 1.54) is 17.7 Å². The second-order valence-electron chi connectivity index (χ2n) is 6.25. The van der Waals surface area contributed by atoms with Crippen LogP contribution in [0.4, 0.5) is 0 Å². The number of hydrogen-bond donors (Lipinski definition) is 2. The Balaban J connectivity index is 0.00000220. The summed E-state index contributed by atoms with van der Waals surface area (Å²) in [7, 11) is 0. The van der Waals surface area contributed by atoms with Crippen LogP contribution in [0.1, 0.15) is 31.6 Å².